The van der Waals surface area contributed by atoms with Crippen LogP contribution in [0.3, 0.4) is 0 Å². The smallest absolute Gasteiger partial charge is 0.251 e. The quantitative estimate of drug-likeness (QED) is 0.748. The lowest BCUT2D eigenvalue weighted by Gasteiger charge is -2.14. The summed E-state index contributed by atoms with van der Waals surface area (Å²) < 4.78 is 0. The zero-order chi connectivity index (χ0) is 18.5. The fraction of sp³-hybridized carbons (Fsp3) is 0.250. The van der Waals surface area contributed by atoms with Gasteiger partial charge in [0.2, 0.25) is 11.8 Å². The summed E-state index contributed by atoms with van der Waals surface area (Å²) in [7, 11) is 0. The van der Waals surface area contributed by atoms with Crippen molar-refractivity contribution in [2.24, 2.45) is 5.92 Å². The maximum absolute atomic E-state index is 12.2. The van der Waals surface area contributed by atoms with Crippen LogP contribution >= 0.6 is 0 Å². The highest BCUT2D eigenvalue weighted by Gasteiger charge is 2.29. The summed E-state index contributed by atoms with van der Waals surface area (Å²) in [5.41, 5.74) is 1.80. The molecule has 26 heavy (non-hydrogen) atoms. The van der Waals surface area contributed by atoms with E-state index < -0.39 is 6.04 Å². The molecule has 2 aromatic carbocycles. The molecular formula is C20H21N3O3. The lowest BCUT2D eigenvalue weighted by Crippen LogP contribution is -2.41. The average Bonchev–Trinajstić information content (AvgIpc) is 3.49. The van der Waals surface area contributed by atoms with Crippen LogP contribution < -0.4 is 16.0 Å². The minimum absolute atomic E-state index is 0.0408. The second-order valence-corrected chi connectivity index (χ2v) is 6.39. The van der Waals surface area contributed by atoms with Crippen LogP contribution in [0.15, 0.2) is 54.6 Å². The fourth-order valence-electron chi connectivity index (χ4n) is 2.41. The van der Waals surface area contributed by atoms with E-state index in [1.165, 1.54) is 0 Å². The number of benzene rings is 2. The largest absolute Gasteiger partial charge is 0.341 e. The van der Waals surface area contributed by atoms with Crippen molar-refractivity contribution < 1.29 is 14.4 Å². The number of nitrogens with one attached hydrogen (secondary N) is 3. The molecule has 0 radical (unpaired) electrons. The van der Waals surface area contributed by atoms with Gasteiger partial charge in [0.25, 0.3) is 5.91 Å². The van der Waals surface area contributed by atoms with Crippen molar-refractivity contribution in [3.05, 3.63) is 60.2 Å². The van der Waals surface area contributed by atoms with Gasteiger partial charge in [-0.1, -0.05) is 18.2 Å². The lowest BCUT2D eigenvalue weighted by molar-refractivity contribution is -0.118. The molecule has 1 saturated carbocycles. The summed E-state index contributed by atoms with van der Waals surface area (Å²) in [5.74, 6) is -0.432. The minimum Gasteiger partial charge on any atom is -0.341 e. The summed E-state index contributed by atoms with van der Waals surface area (Å²) >= 11 is 0. The second-order valence-electron chi connectivity index (χ2n) is 6.39. The van der Waals surface area contributed by atoms with E-state index in [9.17, 15) is 14.4 Å². The van der Waals surface area contributed by atoms with E-state index in [0.29, 0.717) is 16.9 Å². The average molecular weight is 351 g/mol. The molecule has 1 atom stereocenters. The van der Waals surface area contributed by atoms with Crippen LogP contribution in [-0.2, 0) is 9.59 Å². The Labute approximate surface area is 152 Å². The number of rotatable bonds is 6. The summed E-state index contributed by atoms with van der Waals surface area (Å²) in [4.78, 5) is 36.1. The van der Waals surface area contributed by atoms with Crippen molar-refractivity contribution in [3.63, 3.8) is 0 Å². The van der Waals surface area contributed by atoms with E-state index in [2.05, 4.69) is 16.0 Å². The highest BCUT2D eigenvalue weighted by Crippen LogP contribution is 2.30. The lowest BCUT2D eigenvalue weighted by atomic mass is 10.2. The number of carbonyl (C=O) groups is 3. The van der Waals surface area contributed by atoms with Gasteiger partial charge in [-0.2, -0.15) is 0 Å². The van der Waals surface area contributed by atoms with Crippen LogP contribution in [-0.4, -0.2) is 23.8 Å². The molecule has 0 heterocycles. The Bertz CT molecular complexity index is 799. The number of carbonyl (C=O) groups excluding carboxylic acids is 3. The van der Waals surface area contributed by atoms with E-state index >= 15 is 0 Å². The molecule has 1 aliphatic rings. The molecule has 0 aliphatic heterocycles. The van der Waals surface area contributed by atoms with Crippen LogP contribution in [0.2, 0.25) is 0 Å². The predicted octanol–water partition coefficient (Wildman–Crippen LogP) is 2.79. The molecule has 2 aromatic rings. The molecule has 0 saturated heterocycles. The van der Waals surface area contributed by atoms with E-state index in [1.807, 2.05) is 6.07 Å². The molecule has 1 fully saturated rings. The third-order valence-corrected chi connectivity index (χ3v) is 4.14. The molecule has 3 N–H and O–H groups in total. The van der Waals surface area contributed by atoms with E-state index in [4.69, 9.17) is 0 Å². The predicted molar refractivity (Wildman–Crippen MR) is 99.8 cm³/mol. The summed E-state index contributed by atoms with van der Waals surface area (Å²) in [6, 6.07) is 15.0. The molecule has 1 unspecified atom stereocenters. The monoisotopic (exact) mass is 351 g/mol. The Morgan fingerprint density at radius 2 is 1.46 bits per heavy atom. The molecule has 0 spiro atoms. The van der Waals surface area contributed by atoms with E-state index in [1.54, 1.807) is 55.5 Å². The molecule has 3 amide bonds. The van der Waals surface area contributed by atoms with Gasteiger partial charge in [-0.05, 0) is 56.2 Å². The number of anilines is 2. The van der Waals surface area contributed by atoms with Crippen molar-refractivity contribution in [1.82, 2.24) is 5.32 Å². The summed E-state index contributed by atoms with van der Waals surface area (Å²) in [6.07, 6.45) is 1.90. The van der Waals surface area contributed by atoms with Gasteiger partial charge in [0.05, 0.1) is 0 Å². The maximum atomic E-state index is 12.2. The van der Waals surface area contributed by atoms with Crippen molar-refractivity contribution in [2.75, 3.05) is 10.6 Å². The molecule has 0 aromatic heterocycles. The summed E-state index contributed by atoms with van der Waals surface area (Å²) in [6.45, 7) is 1.63. The first-order valence-electron chi connectivity index (χ1n) is 8.60. The first-order valence-corrected chi connectivity index (χ1v) is 8.60. The van der Waals surface area contributed by atoms with Gasteiger partial charge in [-0.3, -0.25) is 14.4 Å². The Balaban J connectivity index is 1.51. The molecule has 6 nitrogen and oxygen atoms in total. The van der Waals surface area contributed by atoms with Gasteiger partial charge in [-0.25, -0.2) is 0 Å². The molecular weight excluding hydrogens is 330 g/mol. The highest BCUT2D eigenvalue weighted by molar-refractivity contribution is 6.01. The van der Waals surface area contributed by atoms with Gasteiger partial charge in [0.1, 0.15) is 6.04 Å². The van der Waals surface area contributed by atoms with Gasteiger partial charge >= 0.3 is 0 Å². The first-order chi connectivity index (χ1) is 12.5. The van der Waals surface area contributed by atoms with Crippen LogP contribution in [0.1, 0.15) is 30.1 Å². The Kier molecular flexibility index (Phi) is 5.31. The zero-order valence-corrected chi connectivity index (χ0v) is 14.5. The van der Waals surface area contributed by atoms with Crippen LogP contribution in [0.25, 0.3) is 0 Å². The topological polar surface area (TPSA) is 87.3 Å². The Hall–Kier alpha value is -3.15. The molecule has 6 heteroatoms. The van der Waals surface area contributed by atoms with Crippen molar-refractivity contribution in [1.29, 1.82) is 0 Å². The first kappa shape index (κ1) is 17.7. The van der Waals surface area contributed by atoms with Crippen LogP contribution in [0.5, 0.6) is 0 Å². The van der Waals surface area contributed by atoms with Crippen molar-refractivity contribution in [3.8, 4) is 0 Å². The normalized spacial score (nSPS) is 14.2. The standard InChI is InChI=1S/C20H21N3O3/c1-13(21-19(25)14-5-3-2-4-6-14)18(24)22-16-9-11-17(12-10-16)23-20(26)15-7-8-15/h2-6,9-13,15H,7-8H2,1H3,(H,21,25)(H,22,24)(H,23,26). The van der Waals surface area contributed by atoms with Gasteiger partial charge in [0.15, 0.2) is 0 Å². The zero-order valence-electron chi connectivity index (χ0n) is 14.5. The number of hydrogen-bond donors (Lipinski definition) is 3. The maximum Gasteiger partial charge on any atom is 0.251 e. The van der Waals surface area contributed by atoms with Gasteiger partial charge in [0, 0.05) is 22.9 Å². The van der Waals surface area contributed by atoms with Gasteiger partial charge in [-0.15, -0.1) is 0 Å². The van der Waals surface area contributed by atoms with Crippen molar-refractivity contribution in [2.45, 2.75) is 25.8 Å². The van der Waals surface area contributed by atoms with E-state index in [0.717, 1.165) is 12.8 Å². The van der Waals surface area contributed by atoms with Crippen molar-refractivity contribution >= 4 is 29.1 Å². The second kappa shape index (κ2) is 7.82. The Morgan fingerprint density at radius 1 is 0.885 bits per heavy atom. The third kappa shape index (κ3) is 4.69. The highest BCUT2D eigenvalue weighted by atomic mass is 16.2. The number of hydrogen-bond acceptors (Lipinski definition) is 3. The molecule has 0 bridgehead atoms. The van der Waals surface area contributed by atoms with Crippen LogP contribution in [0.4, 0.5) is 11.4 Å². The minimum atomic E-state index is -0.683. The SMILES string of the molecule is CC(NC(=O)c1ccccc1)C(=O)Nc1ccc(NC(=O)C2CC2)cc1. The molecule has 3 rings (SSSR count). The summed E-state index contributed by atoms with van der Waals surface area (Å²) in [5, 5.41) is 8.26. The molecule has 134 valence electrons. The Morgan fingerprint density at radius 3 is 2.04 bits per heavy atom. The third-order valence-electron chi connectivity index (χ3n) is 4.14. The molecule has 1 aliphatic carbocycles. The van der Waals surface area contributed by atoms with Gasteiger partial charge < -0.3 is 16.0 Å². The number of amides is 3. The van der Waals surface area contributed by atoms with Crippen LogP contribution in [0, 0.1) is 5.92 Å². The van der Waals surface area contributed by atoms with E-state index in [-0.39, 0.29) is 23.6 Å². The fourth-order valence-corrected chi connectivity index (χ4v) is 2.41.